The number of methoxy groups -OCH3 is 2. The number of anilines is 1. The molecule has 3 rings (SSSR count). The molecule has 3 aromatic rings. The highest BCUT2D eigenvalue weighted by Crippen LogP contribution is 2.36. The van der Waals surface area contributed by atoms with Gasteiger partial charge in [-0.1, -0.05) is 35.5 Å². The molecule has 10 nitrogen and oxygen atoms in total. The Kier molecular flexibility index (Phi) is 6.75. The maximum atomic E-state index is 12.3. The number of rotatable bonds is 8. The second-order valence-electron chi connectivity index (χ2n) is 5.67. The Morgan fingerprint density at radius 2 is 1.97 bits per heavy atom. The number of amides is 1. The van der Waals surface area contributed by atoms with E-state index in [1.807, 2.05) is 0 Å². The molecule has 2 aromatic carbocycles. The van der Waals surface area contributed by atoms with Crippen molar-refractivity contribution in [2.24, 2.45) is 0 Å². The minimum Gasteiger partial charge on any atom is -0.495 e. The van der Waals surface area contributed by atoms with E-state index in [9.17, 15) is 14.9 Å². The predicted octanol–water partition coefficient (Wildman–Crippen LogP) is 4.05. The Morgan fingerprint density at radius 3 is 2.67 bits per heavy atom. The van der Waals surface area contributed by atoms with E-state index in [2.05, 4.69) is 15.5 Å². The van der Waals surface area contributed by atoms with Gasteiger partial charge in [0.15, 0.2) is 0 Å². The number of hydrogen-bond donors (Lipinski definition) is 1. The quantitative estimate of drug-likeness (QED) is 0.307. The summed E-state index contributed by atoms with van der Waals surface area (Å²) < 4.78 is 15.8. The molecule has 0 aliphatic rings. The van der Waals surface area contributed by atoms with Gasteiger partial charge in [0, 0.05) is 12.1 Å². The molecule has 0 fully saturated rings. The number of ether oxygens (including phenoxy) is 2. The summed E-state index contributed by atoms with van der Waals surface area (Å²) >= 11 is 7.07. The molecule has 0 spiro atoms. The fourth-order valence-corrected chi connectivity index (χ4v) is 3.27. The number of para-hydroxylation sites is 1. The molecule has 0 radical (unpaired) electrons. The first-order valence-electron chi connectivity index (χ1n) is 8.34. The number of nitro benzene ring substituents is 1. The van der Waals surface area contributed by atoms with Gasteiger partial charge in [-0.05, 0) is 12.1 Å². The van der Waals surface area contributed by atoms with E-state index in [4.69, 9.17) is 25.5 Å². The van der Waals surface area contributed by atoms with Crippen molar-refractivity contribution in [1.82, 2.24) is 10.2 Å². The Bertz CT molecular complexity index is 1090. The third kappa shape index (κ3) is 4.81. The fraction of sp³-hybridized carbons (Fsp3) is 0.167. The lowest BCUT2D eigenvalue weighted by molar-refractivity contribution is -0.384. The second kappa shape index (κ2) is 9.46. The summed E-state index contributed by atoms with van der Waals surface area (Å²) in [5, 5.41) is 21.9. The Hall–Kier alpha value is -3.31. The normalized spacial score (nSPS) is 10.5. The molecule has 0 atom stereocenters. The van der Waals surface area contributed by atoms with Crippen molar-refractivity contribution in [3.63, 3.8) is 0 Å². The predicted molar refractivity (Wildman–Crippen MR) is 110 cm³/mol. The first-order chi connectivity index (χ1) is 14.4. The molecule has 156 valence electrons. The number of nitro groups is 1. The van der Waals surface area contributed by atoms with Gasteiger partial charge in [-0.2, -0.15) is 0 Å². The van der Waals surface area contributed by atoms with Gasteiger partial charge in [-0.3, -0.25) is 14.9 Å². The number of hydrogen-bond acceptors (Lipinski definition) is 9. The first-order valence-corrected chi connectivity index (χ1v) is 9.70. The van der Waals surface area contributed by atoms with Crippen LogP contribution in [-0.2, 0) is 4.79 Å². The molecule has 1 aromatic heterocycles. The van der Waals surface area contributed by atoms with Crippen LogP contribution in [0.15, 0.2) is 46.0 Å². The summed E-state index contributed by atoms with van der Waals surface area (Å²) in [4.78, 5) is 22.9. The number of benzene rings is 2. The summed E-state index contributed by atoms with van der Waals surface area (Å²) in [5.41, 5.74) is 0.419. The number of carbonyl (C=O) groups is 1. The topological polar surface area (TPSA) is 130 Å². The molecule has 1 N–H and O–H groups in total. The van der Waals surface area contributed by atoms with Crippen LogP contribution in [-0.4, -0.2) is 41.0 Å². The summed E-state index contributed by atoms with van der Waals surface area (Å²) in [5.74, 6) is 0.366. The largest absolute Gasteiger partial charge is 0.495 e. The smallest absolute Gasteiger partial charge is 0.282 e. The molecule has 30 heavy (non-hydrogen) atoms. The molecular weight excluding hydrogens is 436 g/mol. The molecule has 0 bridgehead atoms. The van der Waals surface area contributed by atoms with Crippen LogP contribution in [0.4, 0.5) is 11.4 Å². The lowest BCUT2D eigenvalue weighted by atomic mass is 10.2. The van der Waals surface area contributed by atoms with Crippen molar-refractivity contribution in [2.45, 2.75) is 5.22 Å². The molecule has 12 heteroatoms. The number of nitrogens with zero attached hydrogens (tertiary/aromatic N) is 3. The van der Waals surface area contributed by atoms with E-state index in [0.29, 0.717) is 22.2 Å². The number of thioether (sulfide) groups is 1. The van der Waals surface area contributed by atoms with Crippen LogP contribution in [0.3, 0.4) is 0 Å². The van der Waals surface area contributed by atoms with Crippen molar-refractivity contribution in [3.05, 3.63) is 51.5 Å². The van der Waals surface area contributed by atoms with E-state index in [1.54, 1.807) is 12.1 Å². The summed E-state index contributed by atoms with van der Waals surface area (Å²) in [6.45, 7) is 0. The molecule has 0 aliphatic carbocycles. The maximum Gasteiger partial charge on any atom is 0.282 e. The van der Waals surface area contributed by atoms with Crippen molar-refractivity contribution in [2.75, 3.05) is 25.3 Å². The van der Waals surface area contributed by atoms with Crippen LogP contribution in [0.1, 0.15) is 0 Å². The van der Waals surface area contributed by atoms with Gasteiger partial charge in [-0.15, -0.1) is 10.2 Å². The van der Waals surface area contributed by atoms with E-state index >= 15 is 0 Å². The number of aromatic nitrogens is 2. The van der Waals surface area contributed by atoms with Crippen LogP contribution in [0.5, 0.6) is 11.5 Å². The lowest BCUT2D eigenvalue weighted by Crippen LogP contribution is -2.14. The van der Waals surface area contributed by atoms with E-state index in [1.165, 1.54) is 38.5 Å². The molecule has 0 saturated heterocycles. The standard InChI is InChI=1S/C18H15ClN4O6S/c1-27-14-8-15(28-2)12(7-11(14)19)20-16(24)9-30-18-22-21-17(29-18)10-5-3-4-6-13(10)23(25)26/h3-8H,9H2,1-2H3,(H,20,24). The van der Waals surface area contributed by atoms with Gasteiger partial charge in [0.1, 0.15) is 17.1 Å². The summed E-state index contributed by atoms with van der Waals surface area (Å²) in [6, 6.07) is 9.08. The number of halogens is 1. The van der Waals surface area contributed by atoms with Gasteiger partial charge in [0.2, 0.25) is 5.91 Å². The van der Waals surface area contributed by atoms with Gasteiger partial charge in [-0.25, -0.2) is 0 Å². The Balaban J connectivity index is 1.67. The van der Waals surface area contributed by atoms with Gasteiger partial charge in [0.05, 0.1) is 35.6 Å². The minimum absolute atomic E-state index is 0.00573. The van der Waals surface area contributed by atoms with Crippen molar-refractivity contribution < 1.29 is 23.6 Å². The van der Waals surface area contributed by atoms with Gasteiger partial charge >= 0.3 is 0 Å². The highest BCUT2D eigenvalue weighted by atomic mass is 35.5. The monoisotopic (exact) mass is 450 g/mol. The maximum absolute atomic E-state index is 12.3. The zero-order chi connectivity index (χ0) is 21.7. The zero-order valence-corrected chi connectivity index (χ0v) is 17.3. The molecule has 0 saturated carbocycles. The van der Waals surface area contributed by atoms with Crippen molar-refractivity contribution >= 4 is 40.6 Å². The molecule has 0 unspecified atom stereocenters. The molecular formula is C18H15ClN4O6S. The van der Waals surface area contributed by atoms with Crippen molar-refractivity contribution in [3.8, 4) is 23.0 Å². The van der Waals surface area contributed by atoms with E-state index in [-0.39, 0.29) is 34.0 Å². The fourth-order valence-electron chi connectivity index (χ4n) is 2.46. The SMILES string of the molecule is COc1cc(OC)c(NC(=O)CSc2nnc(-c3ccccc3[N+](=O)[O-])o2)cc1Cl. The average molecular weight is 451 g/mol. The lowest BCUT2D eigenvalue weighted by Gasteiger charge is -2.12. The van der Waals surface area contributed by atoms with Gasteiger partial charge in [0.25, 0.3) is 16.8 Å². The third-order valence-electron chi connectivity index (χ3n) is 3.81. The second-order valence-corrected chi connectivity index (χ2v) is 7.01. The highest BCUT2D eigenvalue weighted by Gasteiger charge is 2.20. The van der Waals surface area contributed by atoms with Crippen molar-refractivity contribution in [1.29, 1.82) is 0 Å². The molecule has 0 aliphatic heterocycles. The van der Waals surface area contributed by atoms with E-state index < -0.39 is 4.92 Å². The third-order valence-corrected chi connectivity index (χ3v) is 4.93. The van der Waals surface area contributed by atoms with Crippen LogP contribution in [0, 0.1) is 10.1 Å². The zero-order valence-electron chi connectivity index (χ0n) is 15.7. The van der Waals surface area contributed by atoms with Crippen LogP contribution in [0.25, 0.3) is 11.5 Å². The molecule has 1 heterocycles. The molecule has 1 amide bonds. The summed E-state index contributed by atoms with van der Waals surface area (Å²) in [7, 11) is 2.92. The van der Waals surface area contributed by atoms with E-state index in [0.717, 1.165) is 11.8 Å². The number of carbonyl (C=O) groups excluding carboxylic acids is 1. The Labute approximate surface area is 179 Å². The summed E-state index contributed by atoms with van der Waals surface area (Å²) in [6.07, 6.45) is 0. The first kappa shape index (κ1) is 21.4. The van der Waals surface area contributed by atoms with Crippen LogP contribution < -0.4 is 14.8 Å². The minimum atomic E-state index is -0.535. The van der Waals surface area contributed by atoms with Gasteiger partial charge < -0.3 is 19.2 Å². The van der Waals surface area contributed by atoms with Crippen LogP contribution >= 0.6 is 23.4 Å². The number of nitrogens with one attached hydrogen (secondary N) is 1. The average Bonchev–Trinajstić information content (AvgIpc) is 3.21. The van der Waals surface area contributed by atoms with Crippen LogP contribution in [0.2, 0.25) is 5.02 Å². The highest BCUT2D eigenvalue weighted by molar-refractivity contribution is 7.99. The Morgan fingerprint density at radius 1 is 1.23 bits per heavy atom.